The Morgan fingerprint density at radius 3 is 2.72 bits per heavy atom. The Morgan fingerprint density at radius 2 is 2.22 bits per heavy atom. The quantitative estimate of drug-likeness (QED) is 0.762. The number of alkyl halides is 3. The van der Waals surface area contributed by atoms with Crippen LogP contribution < -0.4 is 5.32 Å². The number of hydrogen-bond acceptors (Lipinski definition) is 3. The minimum absolute atomic E-state index is 0.269. The van der Waals surface area contributed by atoms with Crippen LogP contribution in [0.4, 0.5) is 13.2 Å². The number of carbonyl (C=O) groups is 1. The van der Waals surface area contributed by atoms with Crippen LogP contribution in [0.2, 0.25) is 0 Å². The highest BCUT2D eigenvalue weighted by Crippen LogP contribution is 2.25. The third-order valence-corrected chi connectivity index (χ3v) is 2.35. The van der Waals surface area contributed by atoms with Crippen LogP contribution in [0.1, 0.15) is 5.56 Å². The van der Waals surface area contributed by atoms with E-state index in [0.29, 0.717) is 6.42 Å². The lowest BCUT2D eigenvalue weighted by Gasteiger charge is -2.16. The molecule has 2 N–H and O–H groups in total. The van der Waals surface area contributed by atoms with E-state index in [0.717, 1.165) is 5.56 Å². The highest BCUT2D eigenvalue weighted by molar-refractivity contribution is 5.71. The number of carboxylic acids is 1. The first-order chi connectivity index (χ1) is 8.41. The van der Waals surface area contributed by atoms with Crippen LogP contribution in [0.5, 0.6) is 0 Å². The van der Waals surface area contributed by atoms with E-state index in [1.54, 1.807) is 24.5 Å². The topological polar surface area (TPSA) is 62.2 Å². The van der Waals surface area contributed by atoms with Crippen molar-refractivity contribution in [1.29, 1.82) is 0 Å². The number of nitrogens with zero attached hydrogens (tertiary/aromatic N) is 1. The summed E-state index contributed by atoms with van der Waals surface area (Å²) in [6.45, 7) is -0.356. The van der Waals surface area contributed by atoms with Crippen molar-refractivity contribution >= 4 is 5.97 Å². The van der Waals surface area contributed by atoms with Gasteiger partial charge < -0.3 is 10.4 Å². The Bertz CT molecular complexity index is 382. The first-order valence-electron chi connectivity index (χ1n) is 5.30. The van der Waals surface area contributed by atoms with Gasteiger partial charge >= 0.3 is 12.1 Å². The largest absolute Gasteiger partial charge is 0.481 e. The number of carboxylic acid groups (broad SMARTS) is 1. The monoisotopic (exact) mass is 262 g/mol. The summed E-state index contributed by atoms with van der Waals surface area (Å²) in [5.74, 6) is -4.23. The summed E-state index contributed by atoms with van der Waals surface area (Å²) >= 11 is 0. The predicted octanol–water partition coefficient (Wildman–Crippen LogP) is 1.48. The number of rotatable bonds is 6. The van der Waals surface area contributed by atoms with Gasteiger partial charge in [-0.05, 0) is 24.6 Å². The van der Waals surface area contributed by atoms with Crippen molar-refractivity contribution < 1.29 is 23.1 Å². The summed E-state index contributed by atoms with van der Waals surface area (Å²) in [5.41, 5.74) is 0.879. The summed E-state index contributed by atoms with van der Waals surface area (Å²) < 4.78 is 36.9. The van der Waals surface area contributed by atoms with Gasteiger partial charge in [-0.25, -0.2) is 0 Å². The van der Waals surface area contributed by atoms with Gasteiger partial charge in [-0.2, -0.15) is 13.2 Å². The van der Waals surface area contributed by atoms with E-state index >= 15 is 0 Å². The highest BCUT2D eigenvalue weighted by Gasteiger charge is 2.44. The fourth-order valence-electron chi connectivity index (χ4n) is 1.37. The van der Waals surface area contributed by atoms with Gasteiger partial charge in [-0.3, -0.25) is 9.78 Å². The van der Waals surface area contributed by atoms with E-state index in [-0.39, 0.29) is 6.54 Å². The molecule has 0 fully saturated rings. The number of halogens is 3. The molecule has 0 aliphatic rings. The highest BCUT2D eigenvalue weighted by atomic mass is 19.4. The van der Waals surface area contributed by atoms with Crippen molar-refractivity contribution in [2.75, 3.05) is 13.1 Å². The van der Waals surface area contributed by atoms with Crippen LogP contribution in [-0.4, -0.2) is 35.3 Å². The summed E-state index contributed by atoms with van der Waals surface area (Å²) in [4.78, 5) is 14.3. The molecule has 7 heteroatoms. The van der Waals surface area contributed by atoms with Gasteiger partial charge in [0.2, 0.25) is 0 Å². The molecule has 0 aromatic carbocycles. The van der Waals surface area contributed by atoms with E-state index in [4.69, 9.17) is 5.11 Å². The Morgan fingerprint density at radius 1 is 1.50 bits per heavy atom. The summed E-state index contributed by atoms with van der Waals surface area (Å²) in [6.07, 6.45) is -1.02. The lowest BCUT2D eigenvalue weighted by atomic mass is 10.1. The maximum Gasteiger partial charge on any atom is 0.403 e. The van der Waals surface area contributed by atoms with E-state index in [1.165, 1.54) is 0 Å². The van der Waals surface area contributed by atoms with E-state index in [9.17, 15) is 18.0 Å². The second-order valence-electron chi connectivity index (χ2n) is 3.75. The van der Waals surface area contributed by atoms with Gasteiger partial charge in [0.15, 0.2) is 5.92 Å². The molecule has 1 rings (SSSR count). The molecule has 0 amide bonds. The zero-order chi connectivity index (χ0) is 13.6. The van der Waals surface area contributed by atoms with Crippen molar-refractivity contribution in [1.82, 2.24) is 10.3 Å². The maximum absolute atomic E-state index is 12.3. The van der Waals surface area contributed by atoms with Crippen molar-refractivity contribution in [2.24, 2.45) is 5.92 Å². The molecular weight excluding hydrogens is 249 g/mol. The number of pyridine rings is 1. The molecule has 0 aliphatic heterocycles. The molecule has 0 saturated heterocycles. The van der Waals surface area contributed by atoms with Crippen LogP contribution in [0.25, 0.3) is 0 Å². The van der Waals surface area contributed by atoms with Crippen LogP contribution in [0.15, 0.2) is 24.5 Å². The Kier molecular flexibility index (Phi) is 5.08. The summed E-state index contributed by atoms with van der Waals surface area (Å²) in [7, 11) is 0. The van der Waals surface area contributed by atoms with Crippen molar-refractivity contribution in [2.45, 2.75) is 12.6 Å². The third-order valence-electron chi connectivity index (χ3n) is 2.35. The minimum atomic E-state index is -4.73. The molecule has 1 aromatic rings. The predicted molar refractivity (Wildman–Crippen MR) is 58.0 cm³/mol. The number of aromatic nitrogens is 1. The van der Waals surface area contributed by atoms with Crippen LogP contribution >= 0.6 is 0 Å². The normalized spacial score (nSPS) is 13.3. The van der Waals surface area contributed by atoms with Crippen molar-refractivity contribution in [3.05, 3.63) is 30.1 Å². The second kappa shape index (κ2) is 6.34. The number of aliphatic carboxylic acids is 1. The van der Waals surface area contributed by atoms with Crippen LogP contribution in [0, 0.1) is 5.92 Å². The molecule has 100 valence electrons. The number of nitrogens with one attached hydrogen (secondary N) is 1. The zero-order valence-corrected chi connectivity index (χ0v) is 9.44. The Hall–Kier alpha value is -1.63. The molecule has 18 heavy (non-hydrogen) atoms. The molecule has 0 radical (unpaired) electrons. The average Bonchev–Trinajstić information content (AvgIpc) is 2.27. The number of hydrogen-bond donors (Lipinski definition) is 2. The smallest absolute Gasteiger partial charge is 0.403 e. The van der Waals surface area contributed by atoms with Crippen LogP contribution in [-0.2, 0) is 11.2 Å². The van der Waals surface area contributed by atoms with Gasteiger partial charge in [-0.15, -0.1) is 0 Å². The average molecular weight is 262 g/mol. The lowest BCUT2D eigenvalue weighted by molar-refractivity contribution is -0.192. The zero-order valence-electron chi connectivity index (χ0n) is 9.44. The van der Waals surface area contributed by atoms with Gasteiger partial charge in [-0.1, -0.05) is 6.07 Å². The summed E-state index contributed by atoms with van der Waals surface area (Å²) in [5, 5.41) is 10.9. The molecule has 1 atom stereocenters. The minimum Gasteiger partial charge on any atom is -0.481 e. The molecular formula is C11H13F3N2O2. The van der Waals surface area contributed by atoms with E-state index in [1.807, 2.05) is 0 Å². The maximum atomic E-state index is 12.3. The Balaban J connectivity index is 2.34. The fraction of sp³-hybridized carbons (Fsp3) is 0.455. The van der Waals surface area contributed by atoms with Gasteiger partial charge in [0.05, 0.1) is 0 Å². The summed E-state index contributed by atoms with van der Waals surface area (Å²) in [6, 6.07) is 3.53. The van der Waals surface area contributed by atoms with Crippen molar-refractivity contribution in [3.8, 4) is 0 Å². The first-order valence-corrected chi connectivity index (χ1v) is 5.30. The SMILES string of the molecule is O=C(O)C(CNCCc1cccnc1)C(F)(F)F. The molecule has 1 aromatic heterocycles. The molecule has 0 bridgehead atoms. The van der Waals surface area contributed by atoms with Gasteiger partial charge in [0.25, 0.3) is 0 Å². The molecule has 0 aliphatic carbocycles. The van der Waals surface area contributed by atoms with E-state index < -0.39 is 24.6 Å². The Labute approximate surface area is 102 Å². The first kappa shape index (κ1) is 14.4. The van der Waals surface area contributed by atoms with Gasteiger partial charge in [0.1, 0.15) is 0 Å². The van der Waals surface area contributed by atoms with E-state index in [2.05, 4.69) is 10.3 Å². The molecule has 0 spiro atoms. The standard InChI is InChI=1S/C11H13F3N2O2/c12-11(13,14)9(10(17)18)7-16-5-3-8-2-1-4-15-6-8/h1-2,4,6,9,16H,3,5,7H2,(H,17,18). The molecule has 1 heterocycles. The van der Waals surface area contributed by atoms with Crippen LogP contribution in [0.3, 0.4) is 0 Å². The molecule has 4 nitrogen and oxygen atoms in total. The lowest BCUT2D eigenvalue weighted by Crippen LogP contribution is -2.39. The molecule has 1 unspecified atom stereocenters. The van der Waals surface area contributed by atoms with Gasteiger partial charge in [0, 0.05) is 18.9 Å². The van der Waals surface area contributed by atoms with Crippen molar-refractivity contribution in [3.63, 3.8) is 0 Å². The second-order valence-corrected chi connectivity index (χ2v) is 3.75. The third kappa shape index (κ3) is 4.70. The fourth-order valence-corrected chi connectivity index (χ4v) is 1.37. The molecule has 0 saturated carbocycles.